The van der Waals surface area contributed by atoms with E-state index in [2.05, 4.69) is 4.98 Å². The van der Waals surface area contributed by atoms with Crippen LogP contribution in [0.3, 0.4) is 0 Å². The van der Waals surface area contributed by atoms with E-state index < -0.39 is 4.92 Å². The number of pyridine rings is 1. The number of anilines is 2. The van der Waals surface area contributed by atoms with Gasteiger partial charge in [0.2, 0.25) is 5.82 Å². The van der Waals surface area contributed by atoms with Crippen molar-refractivity contribution >= 4 is 28.8 Å². The third-order valence-electron chi connectivity index (χ3n) is 4.52. The van der Waals surface area contributed by atoms with Gasteiger partial charge in [-0.05, 0) is 35.4 Å². The summed E-state index contributed by atoms with van der Waals surface area (Å²) in [6.45, 7) is 0.702. The lowest BCUT2D eigenvalue weighted by molar-refractivity contribution is -0.383. The van der Waals surface area contributed by atoms with Crippen LogP contribution in [0.4, 0.5) is 17.2 Å². The Morgan fingerprint density at radius 2 is 1.47 bits per heavy atom. The fraction of sp³-hybridized carbons (Fsp3) is 0.190. The molecule has 3 rings (SSSR count). The molecule has 2 N–H and O–H groups in total. The van der Waals surface area contributed by atoms with Gasteiger partial charge in [-0.2, -0.15) is 0 Å². The number of aromatic nitrogens is 1. The Labute approximate surface area is 179 Å². The van der Waals surface area contributed by atoms with Gasteiger partial charge in [0, 0.05) is 19.2 Å². The van der Waals surface area contributed by atoms with Gasteiger partial charge in [0.15, 0.2) is 0 Å². The first kappa shape index (κ1) is 21.2. The minimum atomic E-state index is -0.539. The first-order valence-electron chi connectivity index (χ1n) is 9.02. The van der Waals surface area contributed by atoms with Crippen LogP contribution >= 0.6 is 11.6 Å². The third-order valence-corrected chi connectivity index (χ3v) is 4.71. The van der Waals surface area contributed by atoms with Crippen molar-refractivity contribution in [3.05, 3.63) is 81.0 Å². The molecule has 1 heterocycles. The smallest absolute Gasteiger partial charge is 0.334 e. The lowest BCUT2D eigenvalue weighted by atomic mass is 10.1. The molecule has 0 bridgehead atoms. The summed E-state index contributed by atoms with van der Waals surface area (Å²) in [5, 5.41) is 11.8. The summed E-state index contributed by atoms with van der Waals surface area (Å²) < 4.78 is 10.4. The van der Waals surface area contributed by atoms with Gasteiger partial charge in [-0.25, -0.2) is 4.98 Å². The van der Waals surface area contributed by atoms with Crippen molar-refractivity contribution in [1.82, 2.24) is 4.98 Å². The molecular formula is C21H21ClN4O4. The van der Waals surface area contributed by atoms with E-state index in [1.54, 1.807) is 19.1 Å². The molecule has 0 spiro atoms. The van der Waals surface area contributed by atoms with Crippen LogP contribution in [-0.4, -0.2) is 24.1 Å². The van der Waals surface area contributed by atoms with Gasteiger partial charge in [-0.15, -0.1) is 0 Å². The topological polar surface area (TPSA) is 104 Å². The summed E-state index contributed by atoms with van der Waals surface area (Å²) in [5.74, 6) is 1.55. The first-order chi connectivity index (χ1) is 14.4. The zero-order chi connectivity index (χ0) is 21.7. The van der Waals surface area contributed by atoms with E-state index in [1.165, 1.54) is 6.07 Å². The van der Waals surface area contributed by atoms with Crippen molar-refractivity contribution < 1.29 is 14.4 Å². The number of nitrogens with zero attached hydrogens (tertiary/aromatic N) is 3. The van der Waals surface area contributed by atoms with Crippen LogP contribution in [-0.2, 0) is 13.1 Å². The quantitative estimate of drug-likeness (QED) is 0.321. The Bertz CT molecular complexity index is 977. The second kappa shape index (κ2) is 9.32. The van der Waals surface area contributed by atoms with Crippen LogP contribution in [0.25, 0.3) is 0 Å². The molecule has 0 radical (unpaired) electrons. The zero-order valence-electron chi connectivity index (χ0n) is 16.5. The van der Waals surface area contributed by atoms with Gasteiger partial charge in [0.05, 0.1) is 19.1 Å². The summed E-state index contributed by atoms with van der Waals surface area (Å²) in [7, 11) is 3.18. The van der Waals surface area contributed by atoms with E-state index in [4.69, 9.17) is 26.8 Å². The Kier molecular flexibility index (Phi) is 6.58. The largest absolute Gasteiger partial charge is 0.497 e. The number of hydrogen-bond donors (Lipinski definition) is 1. The molecule has 8 nitrogen and oxygen atoms in total. The second-order valence-corrected chi connectivity index (χ2v) is 6.90. The number of rotatable bonds is 8. The van der Waals surface area contributed by atoms with E-state index in [9.17, 15) is 10.1 Å². The molecular weight excluding hydrogens is 408 g/mol. The van der Waals surface area contributed by atoms with Crippen LogP contribution in [0.1, 0.15) is 11.1 Å². The molecule has 0 saturated carbocycles. The standard InChI is InChI=1S/C21H21ClN4O4/c1-29-16-7-3-14(4-8-16)12-25(13-15-5-9-17(30-2)10-6-15)21-20(26(27)28)18(23)11-19(22)24-21/h3-11H,12-13H2,1-2H3,(H2,23,24). The van der Waals surface area contributed by atoms with Crippen molar-refractivity contribution in [2.45, 2.75) is 13.1 Å². The number of methoxy groups -OCH3 is 2. The molecule has 3 aromatic rings. The molecule has 0 atom stereocenters. The summed E-state index contributed by atoms with van der Waals surface area (Å²) in [6, 6.07) is 16.1. The molecule has 1 aromatic heterocycles. The average molecular weight is 429 g/mol. The molecule has 0 fully saturated rings. The van der Waals surface area contributed by atoms with Crippen molar-refractivity contribution in [2.75, 3.05) is 24.9 Å². The molecule has 30 heavy (non-hydrogen) atoms. The average Bonchev–Trinajstić information content (AvgIpc) is 2.73. The number of halogens is 1. The number of nitrogens with two attached hydrogens (primary N) is 1. The van der Waals surface area contributed by atoms with Crippen LogP contribution in [0.15, 0.2) is 54.6 Å². The van der Waals surface area contributed by atoms with E-state index in [0.717, 1.165) is 22.6 Å². The molecule has 0 aliphatic rings. The Balaban J connectivity index is 2.03. The Morgan fingerprint density at radius 3 is 1.87 bits per heavy atom. The number of nitrogen functional groups attached to an aromatic ring is 1. The van der Waals surface area contributed by atoms with E-state index in [-0.39, 0.29) is 22.3 Å². The van der Waals surface area contributed by atoms with Gasteiger partial charge in [-0.3, -0.25) is 10.1 Å². The van der Waals surface area contributed by atoms with Crippen LogP contribution < -0.4 is 20.1 Å². The molecule has 0 amide bonds. The summed E-state index contributed by atoms with van der Waals surface area (Å²) in [4.78, 5) is 17.2. The van der Waals surface area contributed by atoms with E-state index in [1.807, 2.05) is 48.5 Å². The highest BCUT2D eigenvalue weighted by Crippen LogP contribution is 2.35. The lowest BCUT2D eigenvalue weighted by Gasteiger charge is -2.24. The van der Waals surface area contributed by atoms with Gasteiger partial charge in [0.1, 0.15) is 22.3 Å². The molecule has 2 aromatic carbocycles. The van der Waals surface area contributed by atoms with Crippen LogP contribution in [0, 0.1) is 10.1 Å². The molecule has 0 unspecified atom stereocenters. The highest BCUT2D eigenvalue weighted by molar-refractivity contribution is 6.30. The number of hydrogen-bond acceptors (Lipinski definition) is 7. The van der Waals surface area contributed by atoms with Gasteiger partial charge in [0.25, 0.3) is 0 Å². The van der Waals surface area contributed by atoms with Crippen LogP contribution in [0.5, 0.6) is 11.5 Å². The van der Waals surface area contributed by atoms with Gasteiger partial charge in [-0.1, -0.05) is 35.9 Å². The molecule has 0 saturated heterocycles. The predicted octanol–water partition coefficient (Wildman–Crippen LogP) is 4.45. The van der Waals surface area contributed by atoms with Gasteiger partial charge >= 0.3 is 5.69 Å². The highest BCUT2D eigenvalue weighted by atomic mass is 35.5. The molecule has 0 aliphatic carbocycles. The maximum Gasteiger partial charge on any atom is 0.334 e. The highest BCUT2D eigenvalue weighted by Gasteiger charge is 2.26. The number of nitro groups is 1. The third kappa shape index (κ3) is 4.90. The zero-order valence-corrected chi connectivity index (χ0v) is 17.3. The molecule has 9 heteroatoms. The SMILES string of the molecule is COc1ccc(CN(Cc2ccc(OC)cc2)c2nc(Cl)cc(N)c2[N+](=O)[O-])cc1. The number of benzene rings is 2. The Hall–Kier alpha value is -3.52. The van der Waals surface area contributed by atoms with Crippen LogP contribution in [0.2, 0.25) is 5.15 Å². The Morgan fingerprint density at radius 1 is 1.00 bits per heavy atom. The fourth-order valence-electron chi connectivity index (χ4n) is 3.03. The normalized spacial score (nSPS) is 10.5. The molecule has 156 valence electrons. The maximum atomic E-state index is 11.7. The minimum Gasteiger partial charge on any atom is -0.497 e. The van der Waals surface area contributed by atoms with Crippen molar-refractivity contribution in [3.63, 3.8) is 0 Å². The fourth-order valence-corrected chi connectivity index (χ4v) is 3.23. The predicted molar refractivity (Wildman–Crippen MR) is 116 cm³/mol. The van der Waals surface area contributed by atoms with Crippen molar-refractivity contribution in [2.24, 2.45) is 0 Å². The summed E-state index contributed by atoms with van der Waals surface area (Å²) in [6.07, 6.45) is 0. The maximum absolute atomic E-state index is 11.7. The van der Waals surface area contributed by atoms with E-state index >= 15 is 0 Å². The summed E-state index contributed by atoms with van der Waals surface area (Å²) in [5.41, 5.74) is 7.42. The summed E-state index contributed by atoms with van der Waals surface area (Å²) >= 11 is 6.08. The number of ether oxygens (including phenoxy) is 2. The molecule has 0 aliphatic heterocycles. The minimum absolute atomic E-state index is 0.0375. The second-order valence-electron chi connectivity index (χ2n) is 6.52. The monoisotopic (exact) mass is 428 g/mol. The van der Waals surface area contributed by atoms with E-state index in [0.29, 0.717) is 13.1 Å². The van der Waals surface area contributed by atoms with Crippen molar-refractivity contribution in [1.29, 1.82) is 0 Å². The van der Waals surface area contributed by atoms with Gasteiger partial charge < -0.3 is 20.1 Å². The first-order valence-corrected chi connectivity index (χ1v) is 9.40. The lowest BCUT2D eigenvalue weighted by Crippen LogP contribution is -2.24. The van der Waals surface area contributed by atoms with Crippen molar-refractivity contribution in [3.8, 4) is 11.5 Å².